The first kappa shape index (κ1) is 39.7. The summed E-state index contributed by atoms with van der Waals surface area (Å²) in [5, 5.41) is 3.43. The summed E-state index contributed by atoms with van der Waals surface area (Å²) in [4.78, 5) is 16.0. The van der Waals surface area contributed by atoms with Gasteiger partial charge in [-0.15, -0.1) is 0 Å². The molecule has 0 amide bonds. The lowest BCUT2D eigenvalue weighted by Crippen LogP contribution is -2.26. The predicted octanol–water partition coefficient (Wildman–Crippen LogP) is 15.8. The molecule has 332 valence electrons. The number of fused-ring (bicyclic) bond motifs is 16. The van der Waals surface area contributed by atoms with Crippen LogP contribution >= 0.6 is 0 Å². The quantitative estimate of drug-likeness (QED) is 0.173. The van der Waals surface area contributed by atoms with Crippen molar-refractivity contribution in [2.24, 2.45) is 0 Å². The highest BCUT2D eigenvalue weighted by Gasteiger charge is 2.52. The highest BCUT2D eigenvalue weighted by Crippen LogP contribution is 2.63. The highest BCUT2D eigenvalue weighted by molar-refractivity contribution is 6.11. The third-order valence-electron chi connectivity index (χ3n) is 15.1. The fourth-order valence-electron chi connectivity index (χ4n) is 12.1. The van der Waals surface area contributed by atoms with E-state index in [1.165, 1.54) is 22.2 Å². The van der Waals surface area contributed by atoms with Crippen LogP contribution in [-0.4, -0.2) is 24.1 Å². The molecule has 0 radical (unpaired) electrons. The molecule has 0 N–H and O–H groups in total. The van der Waals surface area contributed by atoms with Crippen LogP contribution in [0.25, 0.3) is 113 Å². The molecule has 0 saturated carbocycles. The molecule has 0 atom stereocenters. The Morgan fingerprint density at radius 2 is 0.958 bits per heavy atom. The van der Waals surface area contributed by atoms with Crippen molar-refractivity contribution >= 4 is 44.9 Å². The van der Waals surface area contributed by atoms with Gasteiger partial charge in [0.05, 0.1) is 27.7 Å². The van der Waals surface area contributed by atoms with Crippen LogP contribution in [0.2, 0.25) is 0 Å². The number of halogens is 1. The first-order valence-corrected chi connectivity index (χ1v) is 24.2. The second-order valence-electron chi connectivity index (χ2n) is 18.8. The van der Waals surface area contributed by atoms with Crippen molar-refractivity contribution in [3.8, 4) is 67.8 Å². The molecule has 3 heterocycles. The first-order valence-electron chi connectivity index (χ1n) is 24.2. The summed E-state index contributed by atoms with van der Waals surface area (Å²) in [6.45, 7) is 0. The SMILES string of the molecule is Fc1ccc2c(c1)C1(c3ccccc3-c3ccccc31)c1cc(-c3nc(-c4ccccc4)nc(-n4c5ccccc5c5cc(-c6ccc7c(c6)c6c(n7-c7ccccc7)C=CCC=C6)ccc54)n3)ccc1-2. The van der Waals surface area contributed by atoms with Crippen molar-refractivity contribution in [1.82, 2.24) is 24.1 Å². The predicted molar refractivity (Wildman–Crippen MR) is 286 cm³/mol. The van der Waals surface area contributed by atoms with Gasteiger partial charge < -0.3 is 4.57 Å². The fraction of sp³-hybridized carbons (Fsp3) is 0.0308. The molecule has 0 saturated heterocycles. The zero-order valence-electron chi connectivity index (χ0n) is 38.3. The van der Waals surface area contributed by atoms with Crippen LogP contribution in [-0.2, 0) is 5.41 Å². The molecule has 0 fully saturated rings. The van der Waals surface area contributed by atoms with Crippen molar-refractivity contribution in [3.63, 3.8) is 0 Å². The van der Waals surface area contributed by atoms with Crippen LogP contribution in [0, 0.1) is 5.82 Å². The number of nitrogens with zero attached hydrogens (tertiary/aromatic N) is 5. The summed E-state index contributed by atoms with van der Waals surface area (Å²) >= 11 is 0. The molecule has 3 aliphatic carbocycles. The van der Waals surface area contributed by atoms with Gasteiger partial charge in [0, 0.05) is 38.5 Å². The summed E-state index contributed by atoms with van der Waals surface area (Å²) in [6, 6.07) is 71.8. The van der Waals surface area contributed by atoms with E-state index in [2.05, 4.69) is 191 Å². The van der Waals surface area contributed by atoms with E-state index in [0.29, 0.717) is 17.6 Å². The average molecular weight is 910 g/mol. The third kappa shape index (κ3) is 5.70. The number of para-hydroxylation sites is 2. The topological polar surface area (TPSA) is 48.5 Å². The van der Waals surface area contributed by atoms with Crippen LogP contribution in [0.15, 0.2) is 218 Å². The molecule has 0 bridgehead atoms. The number of allylic oxidation sites excluding steroid dienone is 2. The lowest BCUT2D eigenvalue weighted by atomic mass is 9.70. The van der Waals surface area contributed by atoms with Crippen LogP contribution in [0.4, 0.5) is 4.39 Å². The maximum absolute atomic E-state index is 15.6. The van der Waals surface area contributed by atoms with Gasteiger partial charge in [0.1, 0.15) is 5.82 Å². The Balaban J connectivity index is 0.921. The Bertz CT molecular complexity index is 4230. The summed E-state index contributed by atoms with van der Waals surface area (Å²) in [7, 11) is 0. The van der Waals surface area contributed by atoms with E-state index in [4.69, 9.17) is 15.0 Å². The van der Waals surface area contributed by atoms with E-state index >= 15 is 4.39 Å². The van der Waals surface area contributed by atoms with E-state index in [1.807, 2.05) is 36.4 Å². The third-order valence-corrected chi connectivity index (χ3v) is 15.1. The molecule has 5 nitrogen and oxygen atoms in total. The molecule has 1 spiro atoms. The minimum atomic E-state index is -0.735. The fourth-order valence-corrected chi connectivity index (χ4v) is 12.1. The molecule has 15 rings (SSSR count). The molecule has 3 aromatic heterocycles. The van der Waals surface area contributed by atoms with E-state index in [9.17, 15) is 0 Å². The summed E-state index contributed by atoms with van der Waals surface area (Å²) in [5.41, 5.74) is 18.7. The largest absolute Gasteiger partial charge is 0.309 e. The van der Waals surface area contributed by atoms with Crippen molar-refractivity contribution in [2.45, 2.75) is 11.8 Å². The standard InChI is InChI=1S/C65H40FN5/c66-44-31-33-49-48-32-28-43(38-56(48)65(57(49)39-44)54-24-13-10-20-46(54)47-21-11-14-25-55(47)65)63-67-62(40-16-4-1-5-17-40)68-64(69-63)71-59-27-15-12-23-51(59)53-37-42(30-35-61(53)71)41-29-34-60-52(36-41)50-22-8-3-9-26-58(50)70(60)45-18-6-2-7-19-45/h1-2,4-39H,3H2. The average Bonchev–Trinajstić information content (AvgIpc) is 4.05. The minimum Gasteiger partial charge on any atom is -0.309 e. The van der Waals surface area contributed by atoms with Gasteiger partial charge in [-0.1, -0.05) is 164 Å². The Labute approximate surface area is 408 Å². The monoisotopic (exact) mass is 909 g/mol. The van der Waals surface area contributed by atoms with E-state index < -0.39 is 5.41 Å². The van der Waals surface area contributed by atoms with Crippen LogP contribution < -0.4 is 0 Å². The zero-order valence-corrected chi connectivity index (χ0v) is 38.3. The van der Waals surface area contributed by atoms with E-state index in [0.717, 1.165) is 101 Å². The molecular weight excluding hydrogens is 870 g/mol. The van der Waals surface area contributed by atoms with Gasteiger partial charge in [-0.2, -0.15) is 9.97 Å². The van der Waals surface area contributed by atoms with Gasteiger partial charge in [-0.05, 0) is 129 Å². The van der Waals surface area contributed by atoms with Crippen LogP contribution in [0.5, 0.6) is 0 Å². The minimum absolute atomic E-state index is 0.255. The van der Waals surface area contributed by atoms with Crippen molar-refractivity contribution < 1.29 is 4.39 Å². The lowest BCUT2D eigenvalue weighted by molar-refractivity contribution is 0.622. The van der Waals surface area contributed by atoms with Gasteiger partial charge in [0.2, 0.25) is 5.95 Å². The molecule has 9 aromatic carbocycles. The van der Waals surface area contributed by atoms with Crippen molar-refractivity contribution in [1.29, 1.82) is 0 Å². The second kappa shape index (κ2) is 15.1. The normalized spacial score (nSPS) is 13.6. The summed E-state index contributed by atoms with van der Waals surface area (Å²) in [6.07, 6.45) is 9.92. The van der Waals surface area contributed by atoms with Gasteiger partial charge in [0.25, 0.3) is 0 Å². The summed E-state index contributed by atoms with van der Waals surface area (Å²) < 4.78 is 20.1. The maximum Gasteiger partial charge on any atom is 0.238 e. The smallest absolute Gasteiger partial charge is 0.238 e. The first-order chi connectivity index (χ1) is 35.1. The van der Waals surface area contributed by atoms with Crippen LogP contribution in [0.1, 0.15) is 39.9 Å². The van der Waals surface area contributed by atoms with Crippen molar-refractivity contribution in [2.75, 3.05) is 0 Å². The Morgan fingerprint density at radius 3 is 1.72 bits per heavy atom. The van der Waals surface area contributed by atoms with E-state index in [-0.39, 0.29) is 5.82 Å². The lowest BCUT2D eigenvalue weighted by Gasteiger charge is -2.30. The molecule has 3 aliphatic rings. The molecule has 12 aromatic rings. The van der Waals surface area contributed by atoms with Gasteiger partial charge in [0.15, 0.2) is 11.6 Å². The number of aromatic nitrogens is 5. The van der Waals surface area contributed by atoms with Gasteiger partial charge >= 0.3 is 0 Å². The number of hydrogen-bond acceptors (Lipinski definition) is 3. The molecule has 71 heavy (non-hydrogen) atoms. The van der Waals surface area contributed by atoms with Gasteiger partial charge in [-0.25, -0.2) is 9.37 Å². The van der Waals surface area contributed by atoms with E-state index in [1.54, 1.807) is 12.1 Å². The number of rotatable bonds is 5. The Hall–Kier alpha value is -9.26. The molecule has 6 heteroatoms. The molecule has 0 aliphatic heterocycles. The maximum atomic E-state index is 15.6. The second-order valence-corrected chi connectivity index (χ2v) is 18.8. The number of hydrogen-bond donors (Lipinski definition) is 0. The number of benzene rings is 9. The Kier molecular flexibility index (Phi) is 8.46. The molecular formula is C65H40FN5. The summed E-state index contributed by atoms with van der Waals surface area (Å²) in [5.74, 6) is 1.39. The zero-order chi connectivity index (χ0) is 46.8. The highest BCUT2D eigenvalue weighted by atomic mass is 19.1. The van der Waals surface area contributed by atoms with Crippen molar-refractivity contribution in [3.05, 3.63) is 258 Å². The Morgan fingerprint density at radius 1 is 0.394 bits per heavy atom. The van der Waals surface area contributed by atoms with Gasteiger partial charge in [-0.3, -0.25) is 4.57 Å². The molecule has 0 unspecified atom stereocenters. The van der Waals surface area contributed by atoms with Crippen LogP contribution in [0.3, 0.4) is 0 Å².